The minimum absolute atomic E-state index is 0.0736. The van der Waals surface area contributed by atoms with E-state index in [-0.39, 0.29) is 34.5 Å². The van der Waals surface area contributed by atoms with Gasteiger partial charge < -0.3 is 25.7 Å². The average Bonchev–Trinajstić information content (AvgIpc) is 3.45. The minimum Gasteiger partial charge on any atom is -0.467 e. The molecule has 2 unspecified atom stereocenters. The number of halogens is 2. The van der Waals surface area contributed by atoms with Crippen LogP contribution in [0.1, 0.15) is 56.4 Å². The molecule has 0 bridgehead atoms. The third-order valence-electron chi connectivity index (χ3n) is 6.73. The van der Waals surface area contributed by atoms with Gasteiger partial charge in [0, 0.05) is 16.8 Å². The number of fused-ring (bicyclic) bond motifs is 1. The lowest BCUT2D eigenvalue weighted by molar-refractivity contribution is -0.146. The van der Waals surface area contributed by atoms with Gasteiger partial charge in [-0.15, -0.1) is 0 Å². The van der Waals surface area contributed by atoms with E-state index in [4.69, 9.17) is 16.3 Å². The highest BCUT2D eigenvalue weighted by molar-refractivity contribution is 6.31. The largest absolute Gasteiger partial charge is 0.467 e. The van der Waals surface area contributed by atoms with E-state index >= 15 is 0 Å². The van der Waals surface area contributed by atoms with Crippen molar-refractivity contribution in [2.45, 2.75) is 63.6 Å². The molecule has 1 saturated carbocycles. The number of esters is 1. The number of rotatable bonds is 9. The molecular formula is C25H30ClFN4O5. The molecule has 0 spiro atoms. The molecule has 11 heteroatoms. The van der Waals surface area contributed by atoms with E-state index in [1.165, 1.54) is 19.2 Å². The summed E-state index contributed by atoms with van der Waals surface area (Å²) in [6.45, 7) is 3.78. The van der Waals surface area contributed by atoms with Gasteiger partial charge in [0.1, 0.15) is 17.8 Å². The number of ether oxygens (including phenoxy) is 1. The number of methoxy groups -OCH3 is 1. The minimum atomic E-state index is -1.05. The molecule has 9 nitrogen and oxygen atoms in total. The topological polar surface area (TPSA) is 129 Å². The molecule has 0 radical (unpaired) electrons. The van der Waals surface area contributed by atoms with Gasteiger partial charge >= 0.3 is 5.97 Å². The fraction of sp³-hybridized carbons (Fsp3) is 0.520. The van der Waals surface area contributed by atoms with Crippen LogP contribution < -0.4 is 16.0 Å². The first-order valence-corrected chi connectivity index (χ1v) is 12.3. The summed E-state index contributed by atoms with van der Waals surface area (Å²) in [5.74, 6) is -2.84. The lowest BCUT2D eigenvalue weighted by atomic mass is 9.91. The Morgan fingerprint density at radius 1 is 1.19 bits per heavy atom. The van der Waals surface area contributed by atoms with Gasteiger partial charge in [-0.3, -0.25) is 14.4 Å². The van der Waals surface area contributed by atoms with Gasteiger partial charge in [0.2, 0.25) is 11.8 Å². The van der Waals surface area contributed by atoms with Crippen LogP contribution in [-0.2, 0) is 19.1 Å². The molecule has 1 aliphatic heterocycles. The first-order valence-electron chi connectivity index (χ1n) is 11.9. The van der Waals surface area contributed by atoms with Crippen molar-refractivity contribution >= 4 is 46.2 Å². The van der Waals surface area contributed by atoms with Gasteiger partial charge in [-0.25, -0.2) is 9.18 Å². The first-order chi connectivity index (χ1) is 17.0. The molecule has 194 valence electrons. The number of aromatic nitrogens is 1. The zero-order valence-corrected chi connectivity index (χ0v) is 21.1. The number of amides is 3. The number of hydrogen-bond donors (Lipinski definition) is 4. The average molecular weight is 521 g/mol. The standard InChI is InChI=1S/C25H30ClFN4O5/c1-25(2)11-14(21(32)31-25)10-18(24(35)36-3)30-22(33)16(8-12-4-5-12)29-23(34)17-9-13-6-7-15(26)19(27)20(13)28-17/h6-7,9,12,14,16,18,28H,4-5,8,10-11H2,1-3H3,(H,29,34)(H,30,33)(H,31,32)/t14-,16?,18?/m1/s1. The predicted molar refractivity (Wildman–Crippen MR) is 131 cm³/mol. The van der Waals surface area contributed by atoms with Gasteiger partial charge in [-0.05, 0) is 51.2 Å². The first kappa shape index (κ1) is 25.9. The highest BCUT2D eigenvalue weighted by Gasteiger charge is 2.41. The number of hydrogen-bond acceptors (Lipinski definition) is 5. The van der Waals surface area contributed by atoms with Gasteiger partial charge in [-0.2, -0.15) is 0 Å². The Hall–Kier alpha value is -3.14. The van der Waals surface area contributed by atoms with Crippen LogP contribution in [0.5, 0.6) is 0 Å². The van der Waals surface area contributed by atoms with Crippen LogP contribution in [0.3, 0.4) is 0 Å². The van der Waals surface area contributed by atoms with Gasteiger partial charge in [0.05, 0.1) is 17.6 Å². The summed E-state index contributed by atoms with van der Waals surface area (Å²) in [6.07, 6.45) is 2.86. The number of H-pyrrole nitrogens is 1. The zero-order chi connectivity index (χ0) is 26.2. The van der Waals surface area contributed by atoms with Crippen molar-refractivity contribution in [1.29, 1.82) is 0 Å². The number of carbonyl (C=O) groups is 4. The number of carbonyl (C=O) groups excluding carboxylic acids is 4. The molecule has 3 amide bonds. The third kappa shape index (κ3) is 5.80. The van der Waals surface area contributed by atoms with E-state index in [1.807, 2.05) is 13.8 Å². The lowest BCUT2D eigenvalue weighted by Crippen LogP contribution is -2.52. The second kappa shape index (κ2) is 10.1. The number of benzene rings is 1. The molecule has 1 aliphatic carbocycles. The summed E-state index contributed by atoms with van der Waals surface area (Å²) < 4.78 is 19.2. The maximum atomic E-state index is 14.3. The van der Waals surface area contributed by atoms with Crippen LogP contribution in [0.4, 0.5) is 4.39 Å². The van der Waals surface area contributed by atoms with E-state index in [0.717, 1.165) is 12.8 Å². The Balaban J connectivity index is 1.48. The quantitative estimate of drug-likeness (QED) is 0.378. The monoisotopic (exact) mass is 520 g/mol. The number of aromatic amines is 1. The Labute approximate surface area is 212 Å². The van der Waals surface area contributed by atoms with Crippen molar-refractivity contribution in [3.05, 3.63) is 34.7 Å². The molecule has 4 N–H and O–H groups in total. The predicted octanol–water partition coefficient (Wildman–Crippen LogP) is 2.82. The van der Waals surface area contributed by atoms with Gasteiger partial charge in [0.15, 0.2) is 5.82 Å². The Morgan fingerprint density at radius 3 is 2.53 bits per heavy atom. The Morgan fingerprint density at radius 2 is 1.92 bits per heavy atom. The highest BCUT2D eigenvalue weighted by Crippen LogP contribution is 2.34. The van der Waals surface area contributed by atoms with Crippen LogP contribution in [0.2, 0.25) is 5.02 Å². The summed E-state index contributed by atoms with van der Waals surface area (Å²) in [5.41, 5.74) is -0.230. The molecule has 2 aliphatic rings. The summed E-state index contributed by atoms with van der Waals surface area (Å²) in [7, 11) is 1.21. The summed E-state index contributed by atoms with van der Waals surface area (Å²) in [5, 5.41) is 8.66. The molecule has 2 fully saturated rings. The van der Waals surface area contributed by atoms with E-state index in [9.17, 15) is 23.6 Å². The van der Waals surface area contributed by atoms with E-state index in [0.29, 0.717) is 18.2 Å². The third-order valence-corrected chi connectivity index (χ3v) is 7.02. The van der Waals surface area contributed by atoms with Gasteiger partial charge in [-0.1, -0.05) is 30.5 Å². The van der Waals surface area contributed by atoms with Crippen LogP contribution in [0, 0.1) is 17.7 Å². The van der Waals surface area contributed by atoms with Crippen LogP contribution in [0.15, 0.2) is 18.2 Å². The second-order valence-corrected chi connectivity index (χ2v) is 10.7. The summed E-state index contributed by atoms with van der Waals surface area (Å²) in [4.78, 5) is 53.7. The van der Waals surface area contributed by atoms with Crippen molar-refractivity contribution in [2.24, 2.45) is 11.8 Å². The Kier molecular flexibility index (Phi) is 7.26. The molecule has 1 aromatic carbocycles. The molecule has 2 heterocycles. The summed E-state index contributed by atoms with van der Waals surface area (Å²) in [6, 6.07) is 2.50. The van der Waals surface area contributed by atoms with Crippen LogP contribution >= 0.6 is 11.6 Å². The van der Waals surface area contributed by atoms with Crippen molar-refractivity contribution in [2.75, 3.05) is 7.11 Å². The molecular weight excluding hydrogens is 491 g/mol. The van der Waals surface area contributed by atoms with Crippen molar-refractivity contribution in [1.82, 2.24) is 20.9 Å². The lowest BCUT2D eigenvalue weighted by Gasteiger charge is -2.23. The van der Waals surface area contributed by atoms with Crippen LogP contribution in [0.25, 0.3) is 10.9 Å². The van der Waals surface area contributed by atoms with Crippen LogP contribution in [-0.4, -0.2) is 53.4 Å². The molecule has 3 atom stereocenters. The maximum Gasteiger partial charge on any atom is 0.328 e. The zero-order valence-electron chi connectivity index (χ0n) is 20.4. The highest BCUT2D eigenvalue weighted by atomic mass is 35.5. The SMILES string of the molecule is COC(=O)C(C[C@@H]1CC(C)(C)NC1=O)NC(=O)C(CC1CC1)NC(=O)c1cc2ccc(Cl)c(F)c2[nH]1. The van der Waals surface area contributed by atoms with Gasteiger partial charge in [0.25, 0.3) is 5.91 Å². The van der Waals surface area contributed by atoms with E-state index < -0.39 is 47.1 Å². The van der Waals surface area contributed by atoms with Crippen molar-refractivity contribution in [3.63, 3.8) is 0 Å². The molecule has 1 aromatic heterocycles. The smallest absolute Gasteiger partial charge is 0.328 e. The van der Waals surface area contributed by atoms with Crippen molar-refractivity contribution in [3.8, 4) is 0 Å². The fourth-order valence-electron chi connectivity index (χ4n) is 4.71. The Bertz CT molecular complexity index is 1210. The fourth-order valence-corrected chi connectivity index (χ4v) is 4.87. The number of nitrogens with one attached hydrogen (secondary N) is 4. The molecule has 2 aromatic rings. The van der Waals surface area contributed by atoms with E-state index in [1.54, 1.807) is 6.07 Å². The van der Waals surface area contributed by atoms with E-state index in [2.05, 4.69) is 20.9 Å². The molecule has 4 rings (SSSR count). The molecule has 1 saturated heterocycles. The normalized spacial score (nSPS) is 20.5. The van der Waals surface area contributed by atoms with Crippen molar-refractivity contribution < 1.29 is 28.3 Å². The second-order valence-electron chi connectivity index (χ2n) is 10.3. The molecule has 36 heavy (non-hydrogen) atoms. The summed E-state index contributed by atoms with van der Waals surface area (Å²) >= 11 is 5.83. The maximum absolute atomic E-state index is 14.3.